The molecule has 1 heterocycles. The quantitative estimate of drug-likeness (QED) is 0.397. The number of hydrogen-bond acceptors (Lipinski definition) is 6. The van der Waals surface area contributed by atoms with E-state index >= 15 is 0 Å². The van der Waals surface area contributed by atoms with Gasteiger partial charge in [-0.2, -0.15) is 0 Å². The number of benzene rings is 1. The zero-order chi connectivity index (χ0) is 21.7. The van der Waals surface area contributed by atoms with Crippen LogP contribution in [0.3, 0.4) is 0 Å². The molecule has 1 aliphatic heterocycles. The van der Waals surface area contributed by atoms with E-state index in [1.165, 1.54) is 18.6 Å². The third-order valence-corrected chi connectivity index (χ3v) is 6.37. The van der Waals surface area contributed by atoms with Crippen LogP contribution in [0.15, 0.2) is 18.2 Å². The van der Waals surface area contributed by atoms with Gasteiger partial charge in [0.1, 0.15) is 5.69 Å². The summed E-state index contributed by atoms with van der Waals surface area (Å²) in [5, 5.41) is 11.6. The molecule has 1 saturated carbocycles. The monoisotopic (exact) mass is 417 g/mol. The predicted octanol–water partition coefficient (Wildman–Crippen LogP) is 3.78. The minimum Gasteiger partial charge on any atom is -0.452 e. The second-order valence-corrected chi connectivity index (χ2v) is 8.50. The number of nitro benzene ring substituents is 1. The van der Waals surface area contributed by atoms with E-state index in [4.69, 9.17) is 4.74 Å². The van der Waals surface area contributed by atoms with Crippen molar-refractivity contribution in [2.75, 3.05) is 31.6 Å². The maximum absolute atomic E-state index is 12.4. The van der Waals surface area contributed by atoms with Crippen molar-refractivity contribution in [3.8, 4) is 0 Å². The van der Waals surface area contributed by atoms with Crippen molar-refractivity contribution < 1.29 is 19.2 Å². The number of nitro groups is 1. The van der Waals surface area contributed by atoms with Crippen LogP contribution in [0.2, 0.25) is 0 Å². The summed E-state index contributed by atoms with van der Waals surface area (Å²) in [6.07, 6.45) is 7.31. The minimum absolute atomic E-state index is 0.0870. The highest BCUT2D eigenvalue weighted by molar-refractivity contribution is 5.93. The maximum atomic E-state index is 12.4. The van der Waals surface area contributed by atoms with Gasteiger partial charge >= 0.3 is 5.97 Å². The first kappa shape index (κ1) is 22.1. The van der Waals surface area contributed by atoms with Gasteiger partial charge in [0.25, 0.3) is 11.6 Å². The molecule has 2 fully saturated rings. The summed E-state index contributed by atoms with van der Waals surface area (Å²) in [4.78, 5) is 39.6. The van der Waals surface area contributed by atoms with Gasteiger partial charge in [0.15, 0.2) is 6.61 Å². The Kier molecular flexibility index (Phi) is 7.29. The third kappa shape index (κ3) is 5.29. The number of rotatable bonds is 6. The Bertz CT molecular complexity index is 783. The molecule has 0 atom stereocenters. The number of carbonyl (C=O) groups is 2. The molecular weight excluding hydrogens is 386 g/mol. The van der Waals surface area contributed by atoms with Crippen molar-refractivity contribution in [3.05, 3.63) is 33.9 Å². The van der Waals surface area contributed by atoms with E-state index in [0.29, 0.717) is 11.6 Å². The Morgan fingerprint density at radius 1 is 1.17 bits per heavy atom. The second kappa shape index (κ2) is 9.91. The summed E-state index contributed by atoms with van der Waals surface area (Å²) >= 11 is 0. The summed E-state index contributed by atoms with van der Waals surface area (Å²) < 4.78 is 5.17. The highest BCUT2D eigenvalue weighted by atomic mass is 16.6. The summed E-state index contributed by atoms with van der Waals surface area (Å²) in [6, 6.07) is 4.60. The van der Waals surface area contributed by atoms with Crippen molar-refractivity contribution in [1.82, 2.24) is 4.90 Å². The van der Waals surface area contributed by atoms with Gasteiger partial charge < -0.3 is 14.5 Å². The van der Waals surface area contributed by atoms with E-state index in [-0.39, 0.29) is 29.8 Å². The van der Waals surface area contributed by atoms with Crippen molar-refractivity contribution >= 4 is 23.3 Å². The summed E-state index contributed by atoms with van der Waals surface area (Å²) in [7, 11) is 1.74. The predicted molar refractivity (Wildman–Crippen MR) is 114 cm³/mol. The van der Waals surface area contributed by atoms with E-state index < -0.39 is 10.9 Å². The van der Waals surface area contributed by atoms with Gasteiger partial charge in [-0.1, -0.05) is 26.2 Å². The Balaban J connectivity index is 1.63. The van der Waals surface area contributed by atoms with E-state index in [1.807, 2.05) is 4.90 Å². The van der Waals surface area contributed by atoms with Crippen LogP contribution in [-0.2, 0) is 9.53 Å². The molecule has 1 aromatic carbocycles. The molecule has 0 bridgehead atoms. The number of ether oxygens (including phenoxy) is 1. The van der Waals surface area contributed by atoms with Gasteiger partial charge in [0.05, 0.1) is 10.5 Å². The molecule has 0 N–H and O–H groups in total. The average Bonchev–Trinajstić information content (AvgIpc) is 2.77. The lowest BCUT2D eigenvalue weighted by molar-refractivity contribution is -0.384. The van der Waals surface area contributed by atoms with Crippen molar-refractivity contribution in [1.29, 1.82) is 0 Å². The molecule has 8 nitrogen and oxygen atoms in total. The Morgan fingerprint density at radius 2 is 1.83 bits per heavy atom. The molecule has 0 spiro atoms. The summed E-state index contributed by atoms with van der Waals surface area (Å²) in [5.74, 6) is -0.357. The number of likely N-dealkylation sites (N-methyl/N-ethyl adjacent to an activating group) is 1. The number of amides is 1. The molecule has 1 amide bonds. The number of carbonyl (C=O) groups excluding carboxylic acids is 2. The van der Waals surface area contributed by atoms with Crippen LogP contribution in [0.5, 0.6) is 0 Å². The van der Waals surface area contributed by atoms with E-state index in [1.54, 1.807) is 18.0 Å². The van der Waals surface area contributed by atoms with Crippen LogP contribution >= 0.6 is 0 Å². The van der Waals surface area contributed by atoms with E-state index in [2.05, 4.69) is 6.92 Å². The van der Waals surface area contributed by atoms with Gasteiger partial charge in [0.2, 0.25) is 0 Å². The highest BCUT2D eigenvalue weighted by Gasteiger charge is 2.26. The summed E-state index contributed by atoms with van der Waals surface area (Å²) in [5.41, 5.74) is 0.505. The fourth-order valence-electron chi connectivity index (χ4n) is 4.30. The number of hydrogen-bond donors (Lipinski definition) is 0. The van der Waals surface area contributed by atoms with Crippen molar-refractivity contribution in [2.45, 2.75) is 57.9 Å². The molecule has 1 aromatic rings. The molecule has 3 rings (SSSR count). The lowest BCUT2D eigenvalue weighted by Crippen LogP contribution is -2.40. The number of piperidine rings is 1. The van der Waals surface area contributed by atoms with E-state index in [0.717, 1.165) is 51.6 Å². The minimum atomic E-state index is -0.720. The molecule has 30 heavy (non-hydrogen) atoms. The molecule has 1 aliphatic carbocycles. The van der Waals surface area contributed by atoms with Crippen molar-refractivity contribution in [2.24, 2.45) is 5.92 Å². The van der Waals surface area contributed by atoms with Gasteiger partial charge in [-0.15, -0.1) is 0 Å². The Morgan fingerprint density at radius 3 is 2.47 bits per heavy atom. The van der Waals surface area contributed by atoms with Gasteiger partial charge in [-0.25, -0.2) is 4.79 Å². The van der Waals surface area contributed by atoms with Crippen molar-refractivity contribution in [3.63, 3.8) is 0 Å². The largest absolute Gasteiger partial charge is 0.452 e. The van der Waals surface area contributed by atoms with Gasteiger partial charge in [-0.05, 0) is 43.7 Å². The first-order valence-electron chi connectivity index (χ1n) is 10.8. The number of nitrogens with zero attached hydrogens (tertiary/aromatic N) is 3. The lowest BCUT2D eigenvalue weighted by Gasteiger charge is -2.31. The first-order valence-corrected chi connectivity index (χ1v) is 10.8. The van der Waals surface area contributed by atoms with Crippen LogP contribution in [0.4, 0.5) is 11.4 Å². The Labute approximate surface area is 177 Å². The van der Waals surface area contributed by atoms with Crippen LogP contribution < -0.4 is 4.90 Å². The van der Waals surface area contributed by atoms with Crippen LogP contribution in [0.25, 0.3) is 0 Å². The normalized spacial score (nSPS) is 18.1. The van der Waals surface area contributed by atoms with Crippen LogP contribution in [0.1, 0.15) is 62.2 Å². The molecule has 0 aromatic heterocycles. The fraction of sp³-hybridized carbons (Fsp3) is 0.636. The molecule has 1 saturated heterocycles. The zero-order valence-electron chi connectivity index (χ0n) is 17.8. The molecule has 0 radical (unpaired) electrons. The van der Waals surface area contributed by atoms with Crippen LogP contribution in [-0.4, -0.2) is 54.5 Å². The topological polar surface area (TPSA) is 93.0 Å². The maximum Gasteiger partial charge on any atom is 0.338 e. The van der Waals surface area contributed by atoms with Gasteiger partial charge in [-0.3, -0.25) is 14.9 Å². The lowest BCUT2D eigenvalue weighted by atomic mass is 9.94. The fourth-order valence-corrected chi connectivity index (χ4v) is 4.30. The van der Waals surface area contributed by atoms with E-state index in [9.17, 15) is 19.7 Å². The highest BCUT2D eigenvalue weighted by Crippen LogP contribution is 2.32. The SMILES string of the molecule is CC1CCN(c2ccc(C(=O)OCC(=O)N(C)C3CCCCC3)cc2[N+](=O)[O-])CC1. The smallest absolute Gasteiger partial charge is 0.338 e. The zero-order valence-corrected chi connectivity index (χ0v) is 17.8. The molecule has 0 unspecified atom stereocenters. The Hall–Kier alpha value is -2.64. The first-order chi connectivity index (χ1) is 14.4. The molecule has 8 heteroatoms. The summed E-state index contributed by atoms with van der Waals surface area (Å²) in [6.45, 7) is 3.34. The number of esters is 1. The molecular formula is C22H31N3O5. The second-order valence-electron chi connectivity index (χ2n) is 8.50. The average molecular weight is 418 g/mol. The third-order valence-electron chi connectivity index (χ3n) is 6.37. The van der Waals surface area contributed by atoms with Crippen LogP contribution in [0, 0.1) is 16.0 Å². The molecule has 164 valence electrons. The standard InChI is InChI=1S/C22H31N3O5/c1-16-10-12-24(13-11-16)19-9-8-17(14-20(19)25(28)29)22(27)30-15-21(26)23(2)18-6-4-3-5-7-18/h8-9,14,16,18H,3-7,10-13,15H2,1-2H3. The van der Waals surface area contributed by atoms with Gasteiger partial charge in [0, 0.05) is 32.2 Å². The number of anilines is 1. The molecule has 2 aliphatic rings.